The van der Waals surface area contributed by atoms with E-state index in [4.69, 9.17) is 60.3 Å². The van der Waals surface area contributed by atoms with Gasteiger partial charge in [0.25, 0.3) is 5.91 Å². The van der Waals surface area contributed by atoms with Crippen LogP contribution in [0.1, 0.15) is 94.7 Å². The number of ether oxygens (including phenoxy) is 2. The number of carbonyl (C=O) groups excluding carboxylic acids is 6. The van der Waals surface area contributed by atoms with Crippen LogP contribution in [0.5, 0.6) is 11.5 Å². The molecule has 4 amide bonds. The maximum absolute atomic E-state index is 12.3. The van der Waals surface area contributed by atoms with Gasteiger partial charge in [-0.25, -0.2) is 24.0 Å². The van der Waals surface area contributed by atoms with Crippen LogP contribution >= 0.6 is 153 Å². The van der Waals surface area contributed by atoms with Crippen LogP contribution in [0.2, 0.25) is 20.1 Å². The average molecular weight is 2010 g/mol. The molecule has 0 atom stereocenters. The molecule has 0 spiro atoms. The van der Waals surface area contributed by atoms with Gasteiger partial charge in [-0.1, -0.05) is 135 Å². The lowest BCUT2D eigenvalue weighted by Gasteiger charge is -2.07. The number of pyridine rings is 1. The highest BCUT2D eigenvalue weighted by Gasteiger charge is 2.27. The van der Waals surface area contributed by atoms with Crippen molar-refractivity contribution >= 4 is 245 Å². The largest absolute Gasteiger partial charge is 0.484 e. The fourth-order valence-electron chi connectivity index (χ4n) is 11.7. The number of ketones is 1. The fraction of sp³-hybridized carbons (Fsp3) is 0.0769. The number of aldehydes is 1. The van der Waals surface area contributed by atoms with Crippen LogP contribution in [0.3, 0.4) is 0 Å². The number of anilines is 4. The lowest BCUT2D eigenvalue weighted by atomic mass is 10.0. The maximum atomic E-state index is 12.3. The molecule has 15 aromatic rings. The number of furan rings is 1. The molecule has 24 nitrogen and oxygen atoms in total. The molecule has 15 rings (SSSR count). The highest BCUT2D eigenvalue weighted by Crippen LogP contribution is 2.42. The number of amides is 4. The van der Waals surface area contributed by atoms with E-state index in [1.165, 1.54) is 70.0 Å². The molecule has 652 valence electrons. The number of hydrogen-bond acceptors (Lipinski definition) is 23. The normalized spacial score (nSPS) is 10.6. The molecule has 5 aromatic carbocycles. The number of aromatic carboxylic acids is 5. The molecule has 0 aliphatic carbocycles. The summed E-state index contributed by atoms with van der Waals surface area (Å²) in [5, 5.41) is 76.3. The van der Waals surface area contributed by atoms with E-state index in [1.54, 1.807) is 189 Å². The molecule has 0 aliphatic rings. The number of thiophene rings is 8. The van der Waals surface area contributed by atoms with Gasteiger partial charge in [-0.05, 0) is 171 Å². The number of nitrogens with one attached hydrogen (secondary N) is 4. The molecule has 10 heterocycles. The van der Waals surface area contributed by atoms with Crippen LogP contribution in [0.15, 0.2) is 253 Å². The first-order valence-electron chi connectivity index (χ1n) is 37.4. The Morgan fingerprint density at radius 1 is 0.422 bits per heavy atom. The number of hydrogen-bond donors (Lipinski definition) is 9. The SMILES string of the molecule is O=C(/C=C/c1ccco1)Nc1scc(-c2ccc(Cl)cc2)c1C(=O)O.O=C(CCc1cccs1)Nc1scc(-c2ccc(Br)cc2)c1C(=O)O.O=C(CCc1cccs1)Nc1scc(-c2ccc(Cl)cc2)c1C(=O)O.O=C(COc1cccnc1)Nc1scc(-c2ccc(Cl)cc2)c1C(=O)O.O=Cc1sccc1OCC(=O)Cc1scc(-c2ccc(Cl)cc2)c1C(=O)O. The van der Waals surface area contributed by atoms with Crippen LogP contribution in [-0.4, -0.2) is 109 Å². The summed E-state index contributed by atoms with van der Waals surface area (Å²) in [6, 6.07) is 51.1. The molecular weight excluding hydrogens is 1950 g/mol. The lowest BCUT2D eigenvalue weighted by molar-refractivity contribution is -0.120. The van der Waals surface area contributed by atoms with Gasteiger partial charge in [-0.2, -0.15) is 0 Å². The van der Waals surface area contributed by atoms with Crippen molar-refractivity contribution in [3.05, 3.63) is 321 Å². The van der Waals surface area contributed by atoms with E-state index in [0.717, 1.165) is 53.6 Å². The minimum atomic E-state index is -1.13. The number of aromatic nitrogens is 1. The second kappa shape index (κ2) is 47.5. The summed E-state index contributed by atoms with van der Waals surface area (Å²) in [5.41, 5.74) is 6.90. The van der Waals surface area contributed by atoms with Crippen molar-refractivity contribution in [2.45, 2.75) is 32.1 Å². The lowest BCUT2D eigenvalue weighted by Crippen LogP contribution is -2.20. The summed E-state index contributed by atoms with van der Waals surface area (Å²) in [4.78, 5) is 137. The summed E-state index contributed by atoms with van der Waals surface area (Å²) in [7, 11) is 0. The molecule has 0 radical (unpaired) electrons. The second-order valence-electron chi connectivity index (χ2n) is 26.3. The number of Topliss-reactive ketones (excluding diaryl/α,β-unsaturated/α-hetero) is 1. The van der Waals surface area contributed by atoms with Crippen molar-refractivity contribution in [2.24, 2.45) is 0 Å². The third-order valence-electron chi connectivity index (χ3n) is 17.7. The maximum Gasteiger partial charge on any atom is 0.339 e. The Morgan fingerprint density at radius 3 is 1.21 bits per heavy atom. The van der Waals surface area contributed by atoms with Crippen LogP contribution < -0.4 is 30.7 Å². The minimum Gasteiger partial charge on any atom is -0.484 e. The minimum absolute atomic E-state index is 0.0343. The first kappa shape index (κ1) is 96.3. The Kier molecular flexibility index (Phi) is 35.7. The number of benzene rings is 5. The number of halogens is 5. The summed E-state index contributed by atoms with van der Waals surface area (Å²) < 4.78 is 16.7. The van der Waals surface area contributed by atoms with Crippen molar-refractivity contribution in [3.8, 4) is 67.1 Å². The van der Waals surface area contributed by atoms with Crippen molar-refractivity contribution in [1.82, 2.24) is 4.98 Å². The summed E-state index contributed by atoms with van der Waals surface area (Å²) in [6.07, 6.45) is 9.91. The van der Waals surface area contributed by atoms with Gasteiger partial charge in [-0.3, -0.25) is 33.8 Å². The van der Waals surface area contributed by atoms with Gasteiger partial charge in [0, 0.05) is 120 Å². The third kappa shape index (κ3) is 27.6. The highest BCUT2D eigenvalue weighted by atomic mass is 79.9. The van der Waals surface area contributed by atoms with Crippen LogP contribution in [0.4, 0.5) is 20.0 Å². The molecule has 0 aliphatic heterocycles. The van der Waals surface area contributed by atoms with Crippen LogP contribution in [-0.2, 0) is 43.2 Å². The third-order valence-corrected chi connectivity index (χ3v) is 26.5. The number of carboxylic acid groups (broad SMARTS) is 5. The standard InChI is InChI=1S/C19H13ClO5S2.C18H14BrNO3S2.C18H13ClN2O4S.C18H12ClNO4S.C18H14ClNO3S2/c20-12-3-1-11(2-4-12)14-10-27-16(18(14)19(23)24)7-13(22)9-25-15-5-6-26-17(15)8-21;19-12-5-3-11(4-6-12)14-10-25-17(16(14)18(22)23)20-15(21)8-7-13-2-1-9-24-13;19-12-5-3-11(4-6-12)14-10-26-17(16(14)18(23)24)21-15(22)9-25-13-2-1-7-20-8-13;2*19-12-5-3-11(4-6-12)14-10-25-17(16(14)18(22)23)20-15(21)8-7-13-2-1-9-24-13/h1-6,8,10H,7,9H2,(H,23,24);1-6,9-10H,7-8H2,(H,20,21)(H,22,23);1-8,10H,9H2,(H,21,22)(H,23,24);1-10H,(H,20,21)(H,22,23);1-6,9-10H,7-8H2,(H,20,21)(H,22,23)/b;;;8-7+;. The van der Waals surface area contributed by atoms with E-state index >= 15 is 0 Å². The van der Waals surface area contributed by atoms with Crippen molar-refractivity contribution < 1.29 is 92.2 Å². The Hall–Kier alpha value is -12.3. The van der Waals surface area contributed by atoms with Crippen LogP contribution in [0.25, 0.3) is 61.7 Å². The molecule has 10 aromatic heterocycles. The fourth-order valence-corrected chi connectivity index (χ4v) is 19.5. The van der Waals surface area contributed by atoms with Gasteiger partial charge in [0.2, 0.25) is 17.7 Å². The molecule has 37 heteroatoms. The first-order chi connectivity index (χ1) is 61.7. The van der Waals surface area contributed by atoms with E-state index in [2.05, 4.69) is 42.2 Å². The molecule has 128 heavy (non-hydrogen) atoms. The van der Waals surface area contributed by atoms with E-state index in [0.29, 0.717) is 128 Å². The van der Waals surface area contributed by atoms with Gasteiger partial charge in [0.05, 0.1) is 18.0 Å². The number of carboxylic acids is 5. The van der Waals surface area contributed by atoms with Gasteiger partial charge >= 0.3 is 29.8 Å². The Balaban J connectivity index is 0.000000155. The Bertz CT molecular complexity index is 6260. The van der Waals surface area contributed by atoms with Gasteiger partial charge < -0.3 is 60.7 Å². The highest BCUT2D eigenvalue weighted by molar-refractivity contribution is 9.10. The van der Waals surface area contributed by atoms with Crippen molar-refractivity contribution in [3.63, 3.8) is 0 Å². The first-order valence-corrected chi connectivity index (χ1v) is 46.7. The monoisotopic (exact) mass is 2010 g/mol. The summed E-state index contributed by atoms with van der Waals surface area (Å²) in [6.45, 7) is -0.482. The zero-order chi connectivity index (χ0) is 91.3. The second-order valence-corrected chi connectivity index (χ2v) is 36.5. The molecule has 0 unspecified atom stereocenters. The molecule has 0 saturated heterocycles. The van der Waals surface area contributed by atoms with E-state index < -0.39 is 41.7 Å². The molecular formula is C91H66BrCl4N5O19S8. The quantitative estimate of drug-likeness (QED) is 0.0144. The van der Waals surface area contributed by atoms with Crippen LogP contribution in [0, 0.1) is 0 Å². The van der Waals surface area contributed by atoms with Gasteiger partial charge in [0.1, 0.15) is 71.0 Å². The zero-order valence-electron chi connectivity index (χ0n) is 65.8. The van der Waals surface area contributed by atoms with E-state index in [9.17, 15) is 78.3 Å². The Labute approximate surface area is 789 Å². The summed E-state index contributed by atoms with van der Waals surface area (Å²) >= 11 is 37.3. The van der Waals surface area contributed by atoms with Gasteiger partial charge in [-0.15, -0.1) is 90.7 Å². The number of nitrogens with zero attached hydrogens (tertiary/aromatic N) is 1. The number of rotatable bonds is 31. The molecule has 0 fully saturated rings. The molecule has 9 N–H and O–H groups in total. The van der Waals surface area contributed by atoms with E-state index in [1.807, 2.05) is 59.3 Å². The van der Waals surface area contributed by atoms with Crippen molar-refractivity contribution in [1.29, 1.82) is 0 Å². The molecule has 0 saturated carbocycles. The predicted octanol–water partition coefficient (Wildman–Crippen LogP) is 24.9. The molecule has 0 bridgehead atoms. The number of aryl methyl sites for hydroxylation is 2. The Morgan fingerprint density at radius 2 is 0.828 bits per heavy atom. The average Bonchev–Trinajstić information content (AvgIpc) is 1.68. The topological polar surface area (TPSA) is 382 Å². The van der Waals surface area contributed by atoms with Crippen molar-refractivity contribution in [2.75, 3.05) is 34.5 Å². The van der Waals surface area contributed by atoms with E-state index in [-0.39, 0.29) is 75.1 Å². The predicted molar refractivity (Wildman–Crippen MR) is 512 cm³/mol. The van der Waals surface area contributed by atoms with Gasteiger partial charge in [0.15, 0.2) is 18.7 Å². The summed E-state index contributed by atoms with van der Waals surface area (Å²) in [5.74, 6) is -5.66. The number of carbonyl (C=O) groups is 11. The smallest absolute Gasteiger partial charge is 0.339 e. The zero-order valence-corrected chi connectivity index (χ0v) is 77.0.